The summed E-state index contributed by atoms with van der Waals surface area (Å²) in [7, 11) is 0. The molecule has 4 amide bonds. The molecule has 0 aromatic heterocycles. The zero-order valence-electron chi connectivity index (χ0n) is 46.6. The van der Waals surface area contributed by atoms with Gasteiger partial charge >= 0.3 is 23.9 Å². The highest BCUT2D eigenvalue weighted by Crippen LogP contribution is 2.18. The molecule has 0 fully saturated rings. The largest absolute Gasteiger partial charge is 0.481 e. The number of aliphatic carboxylic acids is 4. The number of carboxylic acids is 4. The molecule has 0 bridgehead atoms. The predicted octanol–water partition coefficient (Wildman–Crippen LogP) is 5.35. The van der Waals surface area contributed by atoms with Crippen LogP contribution in [-0.4, -0.2) is 164 Å². The maximum absolute atomic E-state index is 12.6. The number of nitrogens with one attached hydrogen (secondary N) is 4. The fourth-order valence-electron chi connectivity index (χ4n) is 8.04. The van der Waals surface area contributed by atoms with Crippen molar-refractivity contribution in [2.24, 2.45) is 17.8 Å². The zero-order valence-corrected chi connectivity index (χ0v) is 46.6. The number of Topliss-reactive ketones (excluding diaryl/α,β-unsaturated/α-hetero) is 3. The lowest BCUT2D eigenvalue weighted by atomic mass is 9.94. The molecule has 448 valence electrons. The van der Waals surface area contributed by atoms with E-state index in [1.807, 2.05) is 6.92 Å². The summed E-state index contributed by atoms with van der Waals surface area (Å²) in [5.41, 5.74) is 0. The molecule has 0 spiro atoms. The van der Waals surface area contributed by atoms with Gasteiger partial charge in [-0.3, -0.25) is 47.9 Å². The second-order valence-electron chi connectivity index (χ2n) is 19.9. The van der Waals surface area contributed by atoms with Crippen molar-refractivity contribution in [1.29, 1.82) is 0 Å². The van der Waals surface area contributed by atoms with Crippen LogP contribution in [0.2, 0.25) is 0 Å². The summed E-state index contributed by atoms with van der Waals surface area (Å²) in [6, 6.07) is -1.43. The molecular weight excluding hydrogens is 1020 g/mol. The fourth-order valence-corrected chi connectivity index (χ4v) is 8.04. The molecular formula is C55H94N4O19. The Labute approximate surface area is 460 Å². The van der Waals surface area contributed by atoms with Gasteiger partial charge in [0.2, 0.25) is 23.6 Å². The van der Waals surface area contributed by atoms with Gasteiger partial charge in [-0.1, -0.05) is 90.4 Å². The number of unbranched alkanes of at least 4 members (excludes halogenated alkanes) is 14. The third-order valence-electron chi connectivity index (χ3n) is 13.0. The maximum Gasteiger partial charge on any atom is 0.326 e. The normalized spacial score (nSPS) is 12.6. The Morgan fingerprint density at radius 1 is 0.385 bits per heavy atom. The van der Waals surface area contributed by atoms with Gasteiger partial charge in [-0.2, -0.15) is 0 Å². The SMILES string of the molecule is CC(=O)[C@@H](C)CCCCNC(=O)CC[C@H](CC(=O)CC[C@H](NC(=O)COCCOCCNC(=O)COCCOCCNC(=O)CC[C@H](CC(=O)CCCCCCCCCCCCCCCCC(=O)O)C(=O)O)C(=O)O)C(=O)O. The molecule has 0 aliphatic heterocycles. The van der Waals surface area contributed by atoms with Crippen LogP contribution in [0.25, 0.3) is 0 Å². The van der Waals surface area contributed by atoms with Crippen LogP contribution in [0.1, 0.15) is 187 Å². The topological polar surface area (TPSA) is 354 Å². The number of carbonyl (C=O) groups is 11. The summed E-state index contributed by atoms with van der Waals surface area (Å²) in [5, 5.41) is 47.6. The van der Waals surface area contributed by atoms with E-state index in [0.29, 0.717) is 25.8 Å². The lowest BCUT2D eigenvalue weighted by Gasteiger charge is -2.15. The molecule has 23 nitrogen and oxygen atoms in total. The average molecular weight is 1120 g/mol. The van der Waals surface area contributed by atoms with Crippen LogP contribution in [0.5, 0.6) is 0 Å². The Bertz CT molecular complexity index is 1760. The van der Waals surface area contributed by atoms with Crippen molar-refractivity contribution in [3.8, 4) is 0 Å². The minimum Gasteiger partial charge on any atom is -0.481 e. The van der Waals surface area contributed by atoms with Gasteiger partial charge in [-0.25, -0.2) is 4.79 Å². The molecule has 0 rings (SSSR count). The number of ketones is 3. The van der Waals surface area contributed by atoms with Crippen LogP contribution in [-0.2, 0) is 71.7 Å². The van der Waals surface area contributed by atoms with E-state index >= 15 is 0 Å². The number of rotatable bonds is 56. The van der Waals surface area contributed by atoms with Crippen LogP contribution in [0.4, 0.5) is 0 Å². The third kappa shape index (κ3) is 45.6. The Morgan fingerprint density at radius 3 is 1.24 bits per heavy atom. The predicted molar refractivity (Wildman–Crippen MR) is 286 cm³/mol. The number of hydrogen-bond acceptors (Lipinski definition) is 15. The van der Waals surface area contributed by atoms with Crippen molar-refractivity contribution in [1.82, 2.24) is 21.3 Å². The smallest absolute Gasteiger partial charge is 0.326 e. The monoisotopic (exact) mass is 1110 g/mol. The molecule has 0 radical (unpaired) electrons. The van der Waals surface area contributed by atoms with E-state index < -0.39 is 72.4 Å². The van der Waals surface area contributed by atoms with Crippen LogP contribution in [0, 0.1) is 17.8 Å². The molecule has 8 N–H and O–H groups in total. The molecule has 0 heterocycles. The van der Waals surface area contributed by atoms with E-state index in [4.69, 9.17) is 24.1 Å². The Balaban J connectivity index is 3.95. The number of carboxylic acid groups (broad SMARTS) is 4. The van der Waals surface area contributed by atoms with Crippen molar-refractivity contribution in [3.63, 3.8) is 0 Å². The first-order chi connectivity index (χ1) is 37.3. The van der Waals surface area contributed by atoms with E-state index in [9.17, 15) is 68.1 Å². The van der Waals surface area contributed by atoms with Crippen molar-refractivity contribution in [2.75, 3.05) is 72.5 Å². The van der Waals surface area contributed by atoms with Gasteiger partial charge in [0.1, 0.15) is 36.6 Å². The van der Waals surface area contributed by atoms with E-state index in [0.717, 1.165) is 57.8 Å². The second kappa shape index (κ2) is 48.7. The molecule has 0 aromatic carbocycles. The maximum atomic E-state index is 12.6. The van der Waals surface area contributed by atoms with Crippen LogP contribution >= 0.6 is 0 Å². The third-order valence-corrected chi connectivity index (χ3v) is 13.0. The van der Waals surface area contributed by atoms with Gasteiger partial charge in [0.05, 0.1) is 51.5 Å². The molecule has 0 saturated carbocycles. The number of ether oxygens (including phenoxy) is 4. The number of hydrogen-bond donors (Lipinski definition) is 8. The fraction of sp³-hybridized carbons (Fsp3) is 0.800. The lowest BCUT2D eigenvalue weighted by molar-refractivity contribution is -0.145. The summed E-state index contributed by atoms with van der Waals surface area (Å²) in [6.45, 7) is 3.90. The molecule has 0 saturated heterocycles. The van der Waals surface area contributed by atoms with E-state index in [1.54, 1.807) is 0 Å². The lowest BCUT2D eigenvalue weighted by Crippen LogP contribution is -2.43. The van der Waals surface area contributed by atoms with Crippen LogP contribution < -0.4 is 21.3 Å². The van der Waals surface area contributed by atoms with Crippen molar-refractivity contribution in [2.45, 2.75) is 193 Å². The van der Waals surface area contributed by atoms with Gasteiger partial charge in [-0.05, 0) is 51.9 Å². The highest BCUT2D eigenvalue weighted by Gasteiger charge is 2.26. The standard InChI is InChI=1S/C55H94N4O19/c1-41(42(2)60)19-17-18-28-56-48(63)26-22-44(54(71)72)38-46(62)24-25-47(55(73)74)59-51(66)40-78-36-34-76-32-30-58-50(65)39-77-35-33-75-31-29-57-49(64)27-23-43(53(69)70)37-45(61)20-15-13-11-9-7-5-3-4-6-8-10-12-14-16-21-52(67)68/h41,43-44,47H,3-40H2,1-2H3,(H,56,63)(H,57,64)(H,58,65)(H,59,66)(H,67,68)(H,69,70)(H,71,72)(H,73,74)/t41-,43+,44+,47-/m0/s1. The molecule has 78 heavy (non-hydrogen) atoms. The number of carbonyl (C=O) groups excluding carboxylic acids is 7. The molecule has 0 aliphatic carbocycles. The van der Waals surface area contributed by atoms with E-state index in [2.05, 4.69) is 21.3 Å². The zero-order chi connectivity index (χ0) is 58.2. The minimum absolute atomic E-state index is 0.0278. The molecule has 0 aliphatic rings. The highest BCUT2D eigenvalue weighted by atomic mass is 16.5. The van der Waals surface area contributed by atoms with Gasteiger partial charge in [0.15, 0.2) is 0 Å². The molecule has 0 aromatic rings. The molecule has 4 atom stereocenters. The Kier molecular flexibility index (Phi) is 45.3. The summed E-state index contributed by atoms with van der Waals surface area (Å²) < 4.78 is 21.2. The minimum atomic E-state index is -1.43. The van der Waals surface area contributed by atoms with Crippen molar-refractivity contribution in [3.05, 3.63) is 0 Å². The molecule has 0 unspecified atom stereocenters. The summed E-state index contributed by atoms with van der Waals surface area (Å²) in [6.07, 6.45) is 16.4. The second-order valence-corrected chi connectivity index (χ2v) is 19.9. The average Bonchev–Trinajstić information content (AvgIpc) is 3.38. The van der Waals surface area contributed by atoms with E-state index in [1.165, 1.54) is 45.4 Å². The summed E-state index contributed by atoms with van der Waals surface area (Å²) >= 11 is 0. The van der Waals surface area contributed by atoms with Gasteiger partial charge < -0.3 is 60.6 Å². The van der Waals surface area contributed by atoms with Crippen LogP contribution in [0.3, 0.4) is 0 Å². The Morgan fingerprint density at radius 2 is 0.795 bits per heavy atom. The quantitative estimate of drug-likeness (QED) is 0.0356. The summed E-state index contributed by atoms with van der Waals surface area (Å²) in [5.74, 6) is -9.02. The first-order valence-corrected chi connectivity index (χ1v) is 28.2. The first kappa shape index (κ1) is 72.6. The van der Waals surface area contributed by atoms with Crippen molar-refractivity contribution < 1.29 is 92.1 Å². The van der Waals surface area contributed by atoms with Gasteiger partial charge in [0.25, 0.3) is 0 Å². The van der Waals surface area contributed by atoms with Crippen LogP contribution in [0.15, 0.2) is 0 Å². The van der Waals surface area contributed by atoms with Gasteiger partial charge in [-0.15, -0.1) is 0 Å². The molecule has 23 heteroatoms. The highest BCUT2D eigenvalue weighted by molar-refractivity contribution is 5.87. The van der Waals surface area contributed by atoms with Crippen molar-refractivity contribution >= 4 is 64.9 Å². The summed E-state index contributed by atoms with van der Waals surface area (Å²) in [4.78, 5) is 131. The van der Waals surface area contributed by atoms with E-state index in [-0.39, 0.29) is 140 Å². The Hall–Kier alpha value is -5.39. The van der Waals surface area contributed by atoms with Gasteiger partial charge in [0, 0.05) is 70.5 Å². The first-order valence-electron chi connectivity index (χ1n) is 28.2. The number of amides is 4.